The largest absolute Gasteiger partial charge is 0.507 e. The maximum Gasteiger partial charge on any atom is 0.232 e. The molecular formula is C34H45N3O6. The average Bonchev–Trinajstić information content (AvgIpc) is 3.53. The van der Waals surface area contributed by atoms with Crippen LogP contribution in [0.4, 0.5) is 0 Å². The number of carbonyl (C=O) groups excluding carboxylic acids is 4. The average molecular weight is 592 g/mol. The normalized spacial score (nSPS) is 32.2. The molecule has 0 bridgehead atoms. The summed E-state index contributed by atoms with van der Waals surface area (Å²) in [5.41, 5.74) is 7.80. The highest BCUT2D eigenvalue weighted by Gasteiger charge is 2.75. The number of likely N-dealkylation sites (N-methyl/N-ethyl adjacent to an activating group) is 1. The standard InChI is InChI=1S/C34H45N3O6/c1-7-33(10-9-11-33)16-37(8-2)15-19-14-22(38)24-20(30(19)43-6)12-18-13-21-27(36(4)5)29(40)25(32(35)42)26-17(3)34(21,26)31(41)23(18)28(24)39/h14,18,21,23,25,27,38H,7-13,15-16H2,1-6H3,(H2,35,42). The first-order chi connectivity index (χ1) is 20.4. The number of hydrogen-bond donors (Lipinski definition) is 2. The lowest BCUT2D eigenvalue weighted by Crippen LogP contribution is -2.62. The van der Waals surface area contributed by atoms with Crippen LogP contribution in [0.25, 0.3) is 0 Å². The van der Waals surface area contributed by atoms with Gasteiger partial charge in [0.15, 0.2) is 17.3 Å². The van der Waals surface area contributed by atoms with E-state index < -0.39 is 35.0 Å². The van der Waals surface area contributed by atoms with Crippen molar-refractivity contribution in [3.8, 4) is 11.5 Å². The van der Waals surface area contributed by atoms with Gasteiger partial charge < -0.3 is 15.6 Å². The first-order valence-electron chi connectivity index (χ1n) is 15.8. The van der Waals surface area contributed by atoms with Gasteiger partial charge in [0.25, 0.3) is 0 Å². The van der Waals surface area contributed by atoms with Gasteiger partial charge >= 0.3 is 0 Å². The first kappa shape index (κ1) is 30.0. The Morgan fingerprint density at radius 3 is 2.42 bits per heavy atom. The number of amides is 1. The van der Waals surface area contributed by atoms with Crippen molar-refractivity contribution in [3.05, 3.63) is 33.9 Å². The molecule has 0 aromatic heterocycles. The summed E-state index contributed by atoms with van der Waals surface area (Å²) in [7, 11) is 5.17. The lowest BCUT2D eigenvalue weighted by molar-refractivity contribution is -0.145. The van der Waals surface area contributed by atoms with Gasteiger partial charge in [-0.3, -0.25) is 29.0 Å². The van der Waals surface area contributed by atoms with E-state index in [-0.39, 0.29) is 34.7 Å². The number of fused-ring (bicyclic) bond motifs is 2. The zero-order valence-electron chi connectivity index (χ0n) is 26.3. The molecule has 9 heteroatoms. The van der Waals surface area contributed by atoms with Crippen LogP contribution in [0.5, 0.6) is 11.5 Å². The van der Waals surface area contributed by atoms with Crippen molar-refractivity contribution in [2.75, 3.05) is 34.3 Å². The molecule has 3 saturated carbocycles. The van der Waals surface area contributed by atoms with E-state index in [4.69, 9.17) is 10.5 Å². The number of ketones is 3. The van der Waals surface area contributed by atoms with Crippen molar-refractivity contribution in [1.82, 2.24) is 9.80 Å². The van der Waals surface area contributed by atoms with Gasteiger partial charge in [0.2, 0.25) is 5.91 Å². The van der Waals surface area contributed by atoms with E-state index in [1.807, 2.05) is 0 Å². The number of phenols is 1. The lowest BCUT2D eigenvalue weighted by atomic mass is 9.52. The van der Waals surface area contributed by atoms with Crippen molar-refractivity contribution in [2.24, 2.45) is 40.2 Å². The Kier molecular flexibility index (Phi) is 7.16. The smallest absolute Gasteiger partial charge is 0.232 e. The first-order valence-corrected chi connectivity index (χ1v) is 15.8. The van der Waals surface area contributed by atoms with Crippen LogP contribution in [-0.2, 0) is 27.3 Å². The van der Waals surface area contributed by atoms with Crippen LogP contribution in [-0.4, -0.2) is 78.5 Å². The second-order valence-electron chi connectivity index (χ2n) is 14.0. The van der Waals surface area contributed by atoms with Crippen molar-refractivity contribution < 1.29 is 29.0 Å². The second-order valence-corrected chi connectivity index (χ2v) is 14.0. The quantitative estimate of drug-likeness (QED) is 0.331. The van der Waals surface area contributed by atoms with E-state index in [9.17, 15) is 24.3 Å². The van der Waals surface area contributed by atoms with E-state index in [0.717, 1.165) is 25.1 Å². The number of methoxy groups -OCH3 is 1. The molecule has 5 aliphatic carbocycles. The topological polar surface area (TPSA) is 130 Å². The van der Waals surface area contributed by atoms with Crippen molar-refractivity contribution in [1.29, 1.82) is 0 Å². The third-order valence-electron chi connectivity index (χ3n) is 11.9. The number of Topliss-reactive ketones (excluding diaryl/α,β-unsaturated/α-hetero) is 3. The number of nitrogens with zero attached hydrogens (tertiary/aromatic N) is 2. The zero-order valence-corrected chi connectivity index (χ0v) is 26.3. The summed E-state index contributed by atoms with van der Waals surface area (Å²) in [6.07, 6.45) is 5.72. The molecule has 9 nitrogen and oxygen atoms in total. The van der Waals surface area contributed by atoms with Crippen molar-refractivity contribution >= 4 is 23.3 Å². The molecule has 1 aromatic carbocycles. The molecule has 1 amide bonds. The zero-order chi connectivity index (χ0) is 31.2. The van der Waals surface area contributed by atoms with E-state index in [2.05, 4.69) is 18.7 Å². The van der Waals surface area contributed by atoms with Crippen LogP contribution < -0.4 is 10.5 Å². The van der Waals surface area contributed by atoms with Crippen LogP contribution >= 0.6 is 0 Å². The minimum Gasteiger partial charge on any atom is -0.507 e. The highest BCUT2D eigenvalue weighted by molar-refractivity contribution is 6.22. The molecule has 0 saturated heterocycles. The molecule has 0 heterocycles. The fourth-order valence-electron chi connectivity index (χ4n) is 9.60. The number of nitrogens with two attached hydrogens (primary N) is 1. The van der Waals surface area contributed by atoms with Crippen LogP contribution in [0, 0.1) is 34.5 Å². The Morgan fingerprint density at radius 1 is 1.19 bits per heavy atom. The molecule has 6 rings (SSSR count). The molecule has 1 spiro atoms. The molecule has 6 atom stereocenters. The Balaban J connectivity index is 1.38. The maximum absolute atomic E-state index is 14.5. The second kappa shape index (κ2) is 10.3. The van der Waals surface area contributed by atoms with Gasteiger partial charge in [0.05, 0.1) is 30.0 Å². The van der Waals surface area contributed by atoms with Crippen molar-refractivity contribution in [3.63, 3.8) is 0 Å². The fourth-order valence-corrected chi connectivity index (χ4v) is 9.60. The highest BCUT2D eigenvalue weighted by Crippen LogP contribution is 2.70. The number of ether oxygens (including phenoxy) is 1. The van der Waals surface area contributed by atoms with E-state index >= 15 is 0 Å². The van der Waals surface area contributed by atoms with E-state index in [1.54, 1.807) is 39.1 Å². The Labute approximate surface area is 253 Å². The minimum absolute atomic E-state index is 0.118. The maximum atomic E-state index is 14.5. The van der Waals surface area contributed by atoms with E-state index in [1.165, 1.54) is 19.3 Å². The fraction of sp³-hybridized carbons (Fsp3) is 0.647. The molecule has 43 heavy (non-hydrogen) atoms. The number of phenolic OH excluding ortho intramolecular Hbond substituents is 1. The molecule has 3 fully saturated rings. The van der Waals surface area contributed by atoms with Crippen molar-refractivity contribution in [2.45, 2.75) is 71.9 Å². The third-order valence-corrected chi connectivity index (χ3v) is 11.9. The SMILES string of the molecule is CCN(Cc1cc(O)c2c(c1OC)CC1CC3C(N(C)C)C(=O)C(C(N)=O)C4=C(C)C43C(=O)C1C2=O)CC1(CC)CCC1. The van der Waals surface area contributed by atoms with Gasteiger partial charge in [0.1, 0.15) is 17.4 Å². The van der Waals surface area contributed by atoms with Gasteiger partial charge in [-0.2, -0.15) is 0 Å². The van der Waals surface area contributed by atoms with Gasteiger partial charge in [-0.05, 0) is 82.6 Å². The van der Waals surface area contributed by atoms with Crippen LogP contribution in [0.15, 0.2) is 17.2 Å². The molecule has 0 radical (unpaired) electrons. The minimum atomic E-state index is -1.15. The number of carbonyl (C=O) groups is 4. The molecular weight excluding hydrogens is 546 g/mol. The van der Waals surface area contributed by atoms with Gasteiger partial charge in [-0.25, -0.2) is 0 Å². The van der Waals surface area contributed by atoms with Gasteiger partial charge in [0, 0.05) is 30.1 Å². The highest BCUT2D eigenvalue weighted by atomic mass is 16.5. The number of rotatable bonds is 9. The Bertz CT molecular complexity index is 1450. The number of aromatic hydroxyl groups is 1. The molecule has 1 aromatic rings. The molecule has 5 aliphatic rings. The monoisotopic (exact) mass is 591 g/mol. The lowest BCUT2D eigenvalue weighted by Gasteiger charge is -2.50. The summed E-state index contributed by atoms with van der Waals surface area (Å²) in [5, 5.41) is 11.3. The summed E-state index contributed by atoms with van der Waals surface area (Å²) >= 11 is 0. The Morgan fingerprint density at radius 2 is 1.88 bits per heavy atom. The molecule has 6 unspecified atom stereocenters. The van der Waals surface area contributed by atoms with Crippen LogP contribution in [0.1, 0.15) is 74.4 Å². The summed E-state index contributed by atoms with van der Waals surface area (Å²) in [6, 6.07) is 0.973. The summed E-state index contributed by atoms with van der Waals surface area (Å²) < 4.78 is 5.97. The number of allylic oxidation sites excluding steroid dienone is 1. The van der Waals surface area contributed by atoms with Crippen LogP contribution in [0.2, 0.25) is 0 Å². The summed E-state index contributed by atoms with van der Waals surface area (Å²) in [5.74, 6) is -4.04. The molecule has 3 N–H and O–H groups in total. The number of benzene rings is 1. The molecule has 232 valence electrons. The number of primary amides is 1. The van der Waals surface area contributed by atoms with E-state index in [0.29, 0.717) is 47.3 Å². The Hall–Kier alpha value is -3.04. The van der Waals surface area contributed by atoms with Crippen LogP contribution in [0.3, 0.4) is 0 Å². The molecule has 0 aliphatic heterocycles. The predicted molar refractivity (Wildman–Crippen MR) is 161 cm³/mol. The summed E-state index contributed by atoms with van der Waals surface area (Å²) in [6.45, 7) is 8.61. The third kappa shape index (κ3) is 4.03. The van der Waals surface area contributed by atoms with Gasteiger partial charge in [-0.1, -0.05) is 25.8 Å². The number of hydrogen-bond acceptors (Lipinski definition) is 8. The summed E-state index contributed by atoms with van der Waals surface area (Å²) in [4.78, 5) is 59.0. The predicted octanol–water partition coefficient (Wildman–Crippen LogP) is 3.29. The van der Waals surface area contributed by atoms with Gasteiger partial charge in [-0.15, -0.1) is 0 Å².